The standard InChI is InChI=1S/C15H21NO/c1-11-9-13(16)7-8-14(11)15(17)10-12-5-3-2-4-6-12/h7-9,12H,2-6,10,16H2,1H3. The van der Waals surface area contributed by atoms with E-state index in [4.69, 9.17) is 5.73 Å². The van der Waals surface area contributed by atoms with Crippen LogP contribution in [-0.2, 0) is 0 Å². The number of hydrogen-bond donors (Lipinski definition) is 1. The minimum atomic E-state index is 0.286. The fraction of sp³-hybridized carbons (Fsp3) is 0.533. The summed E-state index contributed by atoms with van der Waals surface area (Å²) in [5.41, 5.74) is 8.29. The molecule has 2 rings (SSSR count). The molecule has 0 heterocycles. The molecule has 1 saturated carbocycles. The number of benzene rings is 1. The lowest BCUT2D eigenvalue weighted by molar-refractivity contribution is 0.0949. The van der Waals surface area contributed by atoms with Crippen LogP contribution in [0.5, 0.6) is 0 Å². The number of anilines is 1. The molecule has 0 spiro atoms. The average Bonchev–Trinajstić information content (AvgIpc) is 2.30. The van der Waals surface area contributed by atoms with Crippen LogP contribution in [0, 0.1) is 12.8 Å². The Labute approximate surface area is 103 Å². The molecule has 2 N–H and O–H groups in total. The summed E-state index contributed by atoms with van der Waals surface area (Å²) < 4.78 is 0. The van der Waals surface area contributed by atoms with Gasteiger partial charge in [-0.2, -0.15) is 0 Å². The third-order valence-corrected chi connectivity index (χ3v) is 3.75. The Balaban J connectivity index is 2.03. The molecule has 1 fully saturated rings. The summed E-state index contributed by atoms with van der Waals surface area (Å²) in [4.78, 5) is 12.2. The summed E-state index contributed by atoms with van der Waals surface area (Å²) in [6, 6.07) is 5.57. The van der Waals surface area contributed by atoms with Gasteiger partial charge in [0.2, 0.25) is 0 Å². The van der Waals surface area contributed by atoms with Crippen molar-refractivity contribution in [1.29, 1.82) is 0 Å². The van der Waals surface area contributed by atoms with Crippen molar-refractivity contribution in [3.8, 4) is 0 Å². The lowest BCUT2D eigenvalue weighted by Crippen LogP contribution is -2.13. The molecule has 1 aliphatic rings. The predicted molar refractivity (Wildman–Crippen MR) is 71.1 cm³/mol. The van der Waals surface area contributed by atoms with Crippen molar-refractivity contribution in [2.45, 2.75) is 45.4 Å². The third kappa shape index (κ3) is 3.09. The monoisotopic (exact) mass is 231 g/mol. The highest BCUT2D eigenvalue weighted by atomic mass is 16.1. The lowest BCUT2D eigenvalue weighted by atomic mass is 9.84. The number of aryl methyl sites for hydroxylation is 1. The molecular formula is C15H21NO. The van der Waals surface area contributed by atoms with Crippen LogP contribution in [-0.4, -0.2) is 5.78 Å². The summed E-state index contributed by atoms with van der Waals surface area (Å²) in [6.07, 6.45) is 7.08. The highest BCUT2D eigenvalue weighted by Crippen LogP contribution is 2.28. The van der Waals surface area contributed by atoms with Crippen molar-refractivity contribution in [1.82, 2.24) is 0 Å². The Kier molecular flexibility index (Phi) is 3.82. The molecule has 92 valence electrons. The first-order valence-electron chi connectivity index (χ1n) is 6.56. The van der Waals surface area contributed by atoms with Gasteiger partial charge < -0.3 is 5.73 Å². The summed E-state index contributed by atoms with van der Waals surface area (Å²) in [7, 11) is 0. The molecule has 0 radical (unpaired) electrons. The van der Waals surface area contributed by atoms with Crippen LogP contribution in [0.1, 0.15) is 54.4 Å². The maximum Gasteiger partial charge on any atom is 0.163 e. The largest absolute Gasteiger partial charge is 0.399 e. The molecule has 0 aliphatic heterocycles. The second kappa shape index (κ2) is 5.35. The molecule has 1 aromatic carbocycles. The van der Waals surface area contributed by atoms with Crippen LogP contribution in [0.2, 0.25) is 0 Å². The molecule has 0 amide bonds. The molecule has 0 unspecified atom stereocenters. The molecule has 0 atom stereocenters. The Morgan fingerprint density at radius 3 is 2.65 bits per heavy atom. The van der Waals surface area contributed by atoms with Gasteiger partial charge in [0.25, 0.3) is 0 Å². The Hall–Kier alpha value is -1.31. The van der Waals surface area contributed by atoms with E-state index in [-0.39, 0.29) is 5.78 Å². The fourth-order valence-electron chi connectivity index (χ4n) is 2.76. The highest BCUT2D eigenvalue weighted by molar-refractivity contribution is 5.97. The molecule has 0 saturated heterocycles. The van der Waals surface area contributed by atoms with Crippen molar-refractivity contribution in [2.24, 2.45) is 5.92 Å². The summed E-state index contributed by atoms with van der Waals surface area (Å²) in [5, 5.41) is 0. The normalized spacial score (nSPS) is 17.0. The van der Waals surface area contributed by atoms with Gasteiger partial charge in [0.1, 0.15) is 0 Å². The van der Waals surface area contributed by atoms with Gasteiger partial charge >= 0.3 is 0 Å². The maximum atomic E-state index is 12.2. The fourth-order valence-corrected chi connectivity index (χ4v) is 2.76. The van der Waals surface area contributed by atoms with Crippen molar-refractivity contribution in [2.75, 3.05) is 5.73 Å². The van der Waals surface area contributed by atoms with Crippen LogP contribution in [0.15, 0.2) is 18.2 Å². The second-order valence-electron chi connectivity index (χ2n) is 5.21. The highest BCUT2D eigenvalue weighted by Gasteiger charge is 2.18. The van der Waals surface area contributed by atoms with Crippen LogP contribution < -0.4 is 5.73 Å². The van der Waals surface area contributed by atoms with E-state index in [1.807, 2.05) is 25.1 Å². The van der Waals surface area contributed by atoms with Gasteiger partial charge in [-0.3, -0.25) is 4.79 Å². The molecule has 2 nitrogen and oxygen atoms in total. The topological polar surface area (TPSA) is 43.1 Å². The SMILES string of the molecule is Cc1cc(N)ccc1C(=O)CC1CCCCC1. The molecule has 2 heteroatoms. The number of carbonyl (C=O) groups is 1. The Morgan fingerprint density at radius 1 is 1.29 bits per heavy atom. The number of ketones is 1. The van der Waals surface area contributed by atoms with E-state index < -0.39 is 0 Å². The lowest BCUT2D eigenvalue weighted by Gasteiger charge is -2.21. The van der Waals surface area contributed by atoms with E-state index in [0.29, 0.717) is 12.3 Å². The minimum Gasteiger partial charge on any atom is -0.399 e. The second-order valence-corrected chi connectivity index (χ2v) is 5.21. The molecular weight excluding hydrogens is 210 g/mol. The van der Waals surface area contributed by atoms with E-state index in [9.17, 15) is 4.79 Å². The Bertz CT molecular complexity index is 405. The third-order valence-electron chi connectivity index (χ3n) is 3.75. The number of Topliss-reactive ketones (excluding diaryl/α,β-unsaturated/α-hetero) is 1. The van der Waals surface area contributed by atoms with E-state index in [2.05, 4.69) is 0 Å². The van der Waals surface area contributed by atoms with Gasteiger partial charge in [0.05, 0.1) is 0 Å². The summed E-state index contributed by atoms with van der Waals surface area (Å²) in [5.74, 6) is 0.891. The van der Waals surface area contributed by atoms with Gasteiger partial charge in [0, 0.05) is 17.7 Å². The maximum absolute atomic E-state index is 12.2. The van der Waals surface area contributed by atoms with Gasteiger partial charge in [-0.15, -0.1) is 0 Å². The molecule has 17 heavy (non-hydrogen) atoms. The van der Waals surface area contributed by atoms with E-state index >= 15 is 0 Å². The van der Waals surface area contributed by atoms with Gasteiger partial charge in [-0.25, -0.2) is 0 Å². The van der Waals surface area contributed by atoms with E-state index in [0.717, 1.165) is 16.8 Å². The van der Waals surface area contributed by atoms with Gasteiger partial charge in [-0.05, 0) is 36.6 Å². The first kappa shape index (κ1) is 12.2. The zero-order valence-electron chi connectivity index (χ0n) is 10.5. The number of carbonyl (C=O) groups excluding carboxylic acids is 1. The average molecular weight is 231 g/mol. The smallest absolute Gasteiger partial charge is 0.163 e. The van der Waals surface area contributed by atoms with Crippen LogP contribution in [0.3, 0.4) is 0 Å². The Morgan fingerprint density at radius 2 is 2.00 bits per heavy atom. The summed E-state index contributed by atoms with van der Waals surface area (Å²) in [6.45, 7) is 1.96. The van der Waals surface area contributed by atoms with E-state index in [1.54, 1.807) is 0 Å². The van der Waals surface area contributed by atoms with Crippen molar-refractivity contribution in [3.63, 3.8) is 0 Å². The van der Waals surface area contributed by atoms with Crippen molar-refractivity contribution < 1.29 is 4.79 Å². The van der Waals surface area contributed by atoms with Crippen LogP contribution in [0.25, 0.3) is 0 Å². The first-order valence-corrected chi connectivity index (χ1v) is 6.56. The zero-order chi connectivity index (χ0) is 12.3. The van der Waals surface area contributed by atoms with Crippen LogP contribution >= 0.6 is 0 Å². The number of rotatable bonds is 3. The van der Waals surface area contributed by atoms with Gasteiger partial charge in [0.15, 0.2) is 5.78 Å². The van der Waals surface area contributed by atoms with Crippen molar-refractivity contribution in [3.05, 3.63) is 29.3 Å². The molecule has 0 bridgehead atoms. The minimum absolute atomic E-state index is 0.286. The van der Waals surface area contributed by atoms with Crippen molar-refractivity contribution >= 4 is 11.5 Å². The van der Waals surface area contributed by atoms with E-state index in [1.165, 1.54) is 32.1 Å². The quantitative estimate of drug-likeness (QED) is 0.636. The van der Waals surface area contributed by atoms with Gasteiger partial charge in [-0.1, -0.05) is 32.1 Å². The predicted octanol–water partition coefficient (Wildman–Crippen LogP) is 3.73. The molecule has 1 aliphatic carbocycles. The zero-order valence-corrected chi connectivity index (χ0v) is 10.5. The first-order chi connectivity index (χ1) is 8.16. The number of nitrogens with two attached hydrogens (primary N) is 1. The molecule has 0 aromatic heterocycles. The molecule has 1 aromatic rings. The number of nitrogen functional groups attached to an aromatic ring is 1. The van der Waals surface area contributed by atoms with Crippen LogP contribution in [0.4, 0.5) is 5.69 Å². The number of hydrogen-bond acceptors (Lipinski definition) is 2. The summed E-state index contributed by atoms with van der Waals surface area (Å²) >= 11 is 0.